The van der Waals surface area contributed by atoms with Gasteiger partial charge >= 0.3 is 0 Å². The van der Waals surface area contributed by atoms with Crippen LogP contribution in [0.1, 0.15) is 33.6 Å². The van der Waals surface area contributed by atoms with Crippen molar-refractivity contribution >= 4 is 11.6 Å². The van der Waals surface area contributed by atoms with Crippen LogP contribution in [0.5, 0.6) is 0 Å². The molecule has 1 aliphatic rings. The molecule has 0 N–H and O–H groups in total. The molecule has 0 aromatic heterocycles. The molecule has 0 aliphatic heterocycles. The van der Waals surface area contributed by atoms with Gasteiger partial charge < -0.3 is 0 Å². The third kappa shape index (κ3) is 1.68. The number of ketones is 2. The number of Topliss-reactive ketones (excluding diaryl/α,β-unsaturated/α-hetero) is 1. The number of terminal acetylenes is 1. The van der Waals surface area contributed by atoms with Crippen LogP contribution in [-0.4, -0.2) is 11.6 Å². The third-order valence-electron chi connectivity index (χ3n) is 2.57. The summed E-state index contributed by atoms with van der Waals surface area (Å²) in [5, 5.41) is 0. The van der Waals surface area contributed by atoms with Crippen molar-refractivity contribution in [3.63, 3.8) is 0 Å². The molecular formula is C14H10O2. The fourth-order valence-corrected chi connectivity index (χ4v) is 1.76. The molecule has 0 saturated carbocycles. The average molecular weight is 210 g/mol. The summed E-state index contributed by atoms with van der Waals surface area (Å²) in [6.45, 7) is 0. The monoisotopic (exact) mass is 210 g/mol. The summed E-state index contributed by atoms with van der Waals surface area (Å²) in [5.41, 5.74) is 1.49. The molecule has 2 nitrogen and oxygen atoms in total. The van der Waals surface area contributed by atoms with Crippen molar-refractivity contribution in [3.8, 4) is 12.3 Å². The highest BCUT2D eigenvalue weighted by Crippen LogP contribution is 2.23. The van der Waals surface area contributed by atoms with E-state index in [1.807, 2.05) is 0 Å². The summed E-state index contributed by atoms with van der Waals surface area (Å²) in [6.07, 6.45) is 7.50. The number of carbonyl (C=O) groups excluding carboxylic acids is 2. The number of allylic oxidation sites excluding steroid dienone is 2. The van der Waals surface area contributed by atoms with Gasteiger partial charge in [0, 0.05) is 23.1 Å². The highest BCUT2D eigenvalue weighted by Gasteiger charge is 2.24. The Kier molecular flexibility index (Phi) is 2.70. The number of carbonyl (C=O) groups is 2. The molecule has 78 valence electrons. The van der Waals surface area contributed by atoms with Gasteiger partial charge in [0.05, 0.1) is 0 Å². The first-order valence-corrected chi connectivity index (χ1v) is 5.06. The Labute approximate surface area is 94.0 Å². The van der Waals surface area contributed by atoms with Crippen molar-refractivity contribution in [2.75, 3.05) is 0 Å². The van der Waals surface area contributed by atoms with Gasteiger partial charge in [-0.3, -0.25) is 9.59 Å². The predicted octanol–water partition coefficient (Wildman–Crippen LogP) is 2.41. The van der Waals surface area contributed by atoms with Gasteiger partial charge in [-0.05, 0) is 12.5 Å². The fourth-order valence-electron chi connectivity index (χ4n) is 1.76. The number of fused-ring (bicyclic) bond motifs is 1. The SMILES string of the molecule is C#CCCC1=CC(=O)c2ccccc2C1=O. The van der Waals surface area contributed by atoms with E-state index >= 15 is 0 Å². The highest BCUT2D eigenvalue weighted by atomic mass is 16.1. The lowest BCUT2D eigenvalue weighted by molar-refractivity contribution is 0.0981. The van der Waals surface area contributed by atoms with E-state index in [2.05, 4.69) is 5.92 Å². The minimum atomic E-state index is -0.109. The molecule has 1 aromatic carbocycles. The molecule has 0 spiro atoms. The van der Waals surface area contributed by atoms with E-state index in [4.69, 9.17) is 6.42 Å². The molecule has 0 unspecified atom stereocenters. The average Bonchev–Trinajstić information content (AvgIpc) is 2.32. The summed E-state index contributed by atoms with van der Waals surface area (Å²) in [4.78, 5) is 23.7. The fraction of sp³-hybridized carbons (Fsp3) is 0.143. The van der Waals surface area contributed by atoms with Crippen LogP contribution < -0.4 is 0 Å². The van der Waals surface area contributed by atoms with Crippen LogP contribution >= 0.6 is 0 Å². The van der Waals surface area contributed by atoms with Gasteiger partial charge in [-0.25, -0.2) is 0 Å². The Morgan fingerprint density at radius 2 is 1.81 bits per heavy atom. The minimum absolute atomic E-state index is 0.0783. The first-order valence-electron chi connectivity index (χ1n) is 5.06. The Balaban J connectivity index is 2.40. The minimum Gasteiger partial charge on any atom is -0.289 e. The molecule has 0 saturated heterocycles. The molecule has 0 atom stereocenters. The van der Waals surface area contributed by atoms with Crippen molar-refractivity contribution in [3.05, 3.63) is 47.0 Å². The Bertz CT molecular complexity index is 530. The molecule has 0 heterocycles. The van der Waals surface area contributed by atoms with Crippen LogP contribution in [0.3, 0.4) is 0 Å². The van der Waals surface area contributed by atoms with E-state index in [0.717, 1.165) is 0 Å². The molecular weight excluding hydrogens is 200 g/mol. The summed E-state index contributed by atoms with van der Waals surface area (Å²) in [6, 6.07) is 6.86. The topological polar surface area (TPSA) is 34.1 Å². The zero-order valence-corrected chi connectivity index (χ0v) is 8.69. The lowest BCUT2D eigenvalue weighted by Crippen LogP contribution is -2.16. The maximum absolute atomic E-state index is 12.0. The Hall–Kier alpha value is -2.14. The first kappa shape index (κ1) is 10.4. The van der Waals surface area contributed by atoms with Crippen LogP contribution in [0.2, 0.25) is 0 Å². The molecule has 0 radical (unpaired) electrons. The molecule has 2 rings (SSSR count). The van der Waals surface area contributed by atoms with Gasteiger partial charge in [0.2, 0.25) is 0 Å². The molecule has 0 fully saturated rings. The van der Waals surface area contributed by atoms with Crippen molar-refractivity contribution in [1.29, 1.82) is 0 Å². The summed E-state index contributed by atoms with van der Waals surface area (Å²) in [5.74, 6) is 2.28. The first-order chi connectivity index (χ1) is 7.74. The zero-order chi connectivity index (χ0) is 11.5. The summed E-state index contributed by atoms with van der Waals surface area (Å²) >= 11 is 0. The zero-order valence-electron chi connectivity index (χ0n) is 8.69. The molecule has 0 bridgehead atoms. The van der Waals surface area contributed by atoms with E-state index < -0.39 is 0 Å². The van der Waals surface area contributed by atoms with Crippen molar-refractivity contribution in [1.82, 2.24) is 0 Å². The Morgan fingerprint density at radius 1 is 1.12 bits per heavy atom. The molecule has 2 heteroatoms. The van der Waals surface area contributed by atoms with Crippen LogP contribution in [-0.2, 0) is 0 Å². The van der Waals surface area contributed by atoms with Gasteiger partial charge in [0.15, 0.2) is 11.6 Å². The lowest BCUT2D eigenvalue weighted by atomic mass is 9.88. The second kappa shape index (κ2) is 4.16. The largest absolute Gasteiger partial charge is 0.289 e. The van der Waals surface area contributed by atoms with Gasteiger partial charge in [-0.1, -0.05) is 24.3 Å². The summed E-state index contributed by atoms with van der Waals surface area (Å²) in [7, 11) is 0. The van der Waals surface area contributed by atoms with Crippen LogP contribution in [0, 0.1) is 12.3 Å². The van der Waals surface area contributed by atoms with E-state index in [0.29, 0.717) is 29.5 Å². The Morgan fingerprint density at radius 3 is 2.50 bits per heavy atom. The lowest BCUT2D eigenvalue weighted by Gasteiger charge is -2.13. The number of hydrogen-bond donors (Lipinski definition) is 0. The standard InChI is InChI=1S/C14H10O2/c1-2-3-6-10-9-13(15)11-7-4-5-8-12(11)14(10)16/h1,4-5,7-9H,3,6H2. The van der Waals surface area contributed by atoms with E-state index in [1.165, 1.54) is 6.08 Å². The van der Waals surface area contributed by atoms with Gasteiger partial charge in [-0.15, -0.1) is 12.3 Å². The molecule has 0 amide bonds. The second-order valence-corrected chi connectivity index (χ2v) is 3.61. The van der Waals surface area contributed by atoms with Gasteiger partial charge in [-0.2, -0.15) is 0 Å². The van der Waals surface area contributed by atoms with E-state index in [9.17, 15) is 9.59 Å². The molecule has 1 aliphatic carbocycles. The molecule has 16 heavy (non-hydrogen) atoms. The third-order valence-corrected chi connectivity index (χ3v) is 2.57. The molecule has 1 aromatic rings. The maximum Gasteiger partial charge on any atom is 0.189 e. The van der Waals surface area contributed by atoms with E-state index in [-0.39, 0.29) is 11.6 Å². The smallest absolute Gasteiger partial charge is 0.189 e. The van der Waals surface area contributed by atoms with Crippen LogP contribution in [0.4, 0.5) is 0 Å². The normalized spacial score (nSPS) is 14.1. The number of benzene rings is 1. The van der Waals surface area contributed by atoms with Crippen molar-refractivity contribution in [2.45, 2.75) is 12.8 Å². The van der Waals surface area contributed by atoms with Gasteiger partial charge in [0.1, 0.15) is 0 Å². The second-order valence-electron chi connectivity index (χ2n) is 3.61. The van der Waals surface area contributed by atoms with Crippen LogP contribution in [0.25, 0.3) is 0 Å². The maximum atomic E-state index is 12.0. The number of rotatable bonds is 2. The quantitative estimate of drug-likeness (QED) is 0.702. The van der Waals surface area contributed by atoms with Crippen molar-refractivity contribution in [2.24, 2.45) is 0 Å². The number of hydrogen-bond acceptors (Lipinski definition) is 2. The van der Waals surface area contributed by atoms with Crippen LogP contribution in [0.15, 0.2) is 35.9 Å². The van der Waals surface area contributed by atoms with Gasteiger partial charge in [0.25, 0.3) is 0 Å². The highest BCUT2D eigenvalue weighted by molar-refractivity contribution is 6.24. The van der Waals surface area contributed by atoms with Crippen molar-refractivity contribution < 1.29 is 9.59 Å². The predicted molar refractivity (Wildman–Crippen MR) is 61.3 cm³/mol. The summed E-state index contributed by atoms with van der Waals surface area (Å²) < 4.78 is 0. The van der Waals surface area contributed by atoms with E-state index in [1.54, 1.807) is 24.3 Å².